The van der Waals surface area contributed by atoms with Crippen molar-refractivity contribution in [3.63, 3.8) is 0 Å². The normalized spacial score (nSPS) is 20.0. The van der Waals surface area contributed by atoms with Crippen molar-refractivity contribution in [3.8, 4) is 5.75 Å². The van der Waals surface area contributed by atoms with Crippen molar-refractivity contribution in [2.45, 2.75) is 121 Å². The number of nitrogens with two attached hydrogens (primary N) is 2. The number of amides is 4. The third kappa shape index (κ3) is 17.9. The molecule has 298 valence electrons. The third-order valence-corrected chi connectivity index (χ3v) is 8.86. The number of phenols is 1. The zero-order valence-electron chi connectivity index (χ0n) is 30.9. The van der Waals surface area contributed by atoms with Crippen LogP contribution < -0.4 is 32.7 Å². The van der Waals surface area contributed by atoms with E-state index in [2.05, 4.69) is 26.3 Å². The van der Waals surface area contributed by atoms with Crippen LogP contribution in [0.5, 0.6) is 5.75 Å². The maximum Gasteiger partial charge on any atom is 0.305 e. The second-order valence-corrected chi connectivity index (χ2v) is 13.5. The maximum atomic E-state index is 13.9. The molecule has 1 fully saturated rings. The number of carboxylic acids is 1. The van der Waals surface area contributed by atoms with E-state index in [1.807, 2.05) is 6.92 Å². The number of carbonyl (C=O) groups is 8. The predicted octanol–water partition coefficient (Wildman–Crippen LogP) is 0.682. The number of benzene rings is 1. The molecule has 4 unspecified atom stereocenters. The van der Waals surface area contributed by atoms with Gasteiger partial charge in [0.15, 0.2) is 11.7 Å². The van der Waals surface area contributed by atoms with Gasteiger partial charge in [-0.1, -0.05) is 31.9 Å². The van der Waals surface area contributed by atoms with Crippen LogP contribution in [0.1, 0.15) is 102 Å². The van der Waals surface area contributed by atoms with Gasteiger partial charge in [-0.25, -0.2) is 0 Å². The van der Waals surface area contributed by atoms with E-state index in [0.717, 1.165) is 6.42 Å². The van der Waals surface area contributed by atoms with Crippen LogP contribution in [0.4, 0.5) is 0 Å². The maximum absolute atomic E-state index is 13.9. The number of rotatable bonds is 20. The van der Waals surface area contributed by atoms with Gasteiger partial charge in [0.2, 0.25) is 23.6 Å². The first-order valence-electron chi connectivity index (χ1n) is 18.5. The molecule has 54 heavy (non-hydrogen) atoms. The van der Waals surface area contributed by atoms with Crippen molar-refractivity contribution in [2.75, 3.05) is 13.1 Å². The number of phenolic OH excluding ortho intramolecular Hbond substituents is 1. The molecule has 0 spiro atoms. The molecule has 4 amide bonds. The molecule has 1 aromatic rings. The van der Waals surface area contributed by atoms with Crippen LogP contribution in [-0.4, -0.2) is 94.3 Å². The summed E-state index contributed by atoms with van der Waals surface area (Å²) in [5.74, 6) is -6.27. The van der Waals surface area contributed by atoms with Crippen molar-refractivity contribution in [3.05, 3.63) is 29.8 Å². The Morgan fingerprint density at radius 3 is 2.02 bits per heavy atom. The average Bonchev–Trinajstić information content (AvgIpc) is 3.10. The highest BCUT2D eigenvalue weighted by Crippen LogP contribution is 2.19. The Balaban J connectivity index is 2.33. The summed E-state index contributed by atoms with van der Waals surface area (Å²) >= 11 is 0. The van der Waals surface area contributed by atoms with E-state index in [4.69, 9.17) is 11.5 Å². The minimum Gasteiger partial charge on any atom is -0.508 e. The SMILES string of the molecule is CCCC(=O)CCCC(=O)CCCCCC1NC(=O)C(Cc2ccc(O)cc2)CC(=O)C(CC(=O)O)NC(=O)CNC(=O)C(CCCN=C(N)N)NC1=O. The van der Waals surface area contributed by atoms with Gasteiger partial charge >= 0.3 is 5.97 Å². The van der Waals surface area contributed by atoms with Gasteiger partial charge in [0.25, 0.3) is 0 Å². The highest BCUT2D eigenvalue weighted by Gasteiger charge is 2.33. The minimum absolute atomic E-state index is 0.0258. The number of carbonyl (C=O) groups excluding carboxylic acids is 7. The summed E-state index contributed by atoms with van der Waals surface area (Å²) in [6, 6.07) is 2.03. The first-order chi connectivity index (χ1) is 25.7. The molecule has 17 heteroatoms. The van der Waals surface area contributed by atoms with Crippen LogP contribution in [0.3, 0.4) is 0 Å². The molecule has 0 aromatic heterocycles. The Labute approximate surface area is 314 Å². The molecule has 0 saturated carbocycles. The van der Waals surface area contributed by atoms with Crippen molar-refractivity contribution in [2.24, 2.45) is 22.4 Å². The lowest BCUT2D eigenvalue weighted by Gasteiger charge is -2.25. The highest BCUT2D eigenvalue weighted by molar-refractivity contribution is 5.98. The second kappa shape index (κ2) is 24.1. The fraction of sp³-hybridized carbons (Fsp3) is 0.595. The van der Waals surface area contributed by atoms with Gasteiger partial charge in [-0.15, -0.1) is 0 Å². The van der Waals surface area contributed by atoms with Gasteiger partial charge in [0, 0.05) is 44.6 Å². The fourth-order valence-electron chi connectivity index (χ4n) is 5.98. The van der Waals surface area contributed by atoms with Gasteiger partial charge in [-0.3, -0.25) is 43.3 Å². The van der Waals surface area contributed by atoms with E-state index in [1.165, 1.54) is 12.1 Å². The van der Waals surface area contributed by atoms with Crippen LogP contribution in [0.25, 0.3) is 0 Å². The summed E-state index contributed by atoms with van der Waals surface area (Å²) in [7, 11) is 0. The third-order valence-electron chi connectivity index (χ3n) is 8.86. The van der Waals surface area contributed by atoms with Gasteiger partial charge in [0.1, 0.15) is 29.4 Å². The van der Waals surface area contributed by atoms with Crippen LogP contribution in [0, 0.1) is 5.92 Å². The van der Waals surface area contributed by atoms with Crippen LogP contribution in [0.2, 0.25) is 0 Å². The average molecular weight is 758 g/mol. The lowest BCUT2D eigenvalue weighted by molar-refractivity contribution is -0.140. The van der Waals surface area contributed by atoms with Gasteiger partial charge in [0.05, 0.1) is 19.0 Å². The Hall–Kier alpha value is -5.35. The Morgan fingerprint density at radius 2 is 1.37 bits per heavy atom. The molecule has 17 nitrogen and oxygen atoms in total. The van der Waals surface area contributed by atoms with Gasteiger partial charge in [-0.05, 0) is 62.6 Å². The Morgan fingerprint density at radius 1 is 0.759 bits per heavy atom. The molecule has 0 aliphatic carbocycles. The molecule has 1 aliphatic heterocycles. The van der Waals surface area contributed by atoms with Crippen LogP contribution in [0.15, 0.2) is 29.3 Å². The lowest BCUT2D eigenvalue weighted by Crippen LogP contribution is -2.55. The molecule has 1 heterocycles. The molecule has 1 aliphatic rings. The molecule has 4 atom stereocenters. The molecule has 1 saturated heterocycles. The summed E-state index contributed by atoms with van der Waals surface area (Å²) in [4.78, 5) is 107. The number of nitrogens with zero attached hydrogens (tertiary/aromatic N) is 1. The van der Waals surface area contributed by atoms with E-state index in [0.29, 0.717) is 56.9 Å². The quantitative estimate of drug-likeness (QED) is 0.0518. The van der Waals surface area contributed by atoms with E-state index in [-0.39, 0.29) is 55.5 Å². The summed E-state index contributed by atoms with van der Waals surface area (Å²) < 4.78 is 0. The Bertz CT molecular complexity index is 1490. The van der Waals surface area contributed by atoms with Crippen LogP contribution in [-0.2, 0) is 44.8 Å². The molecule has 0 bridgehead atoms. The number of nitrogens with one attached hydrogen (secondary N) is 4. The molecule has 2 rings (SSSR count). The molecule has 10 N–H and O–H groups in total. The van der Waals surface area contributed by atoms with E-state index >= 15 is 0 Å². The fourth-order valence-corrected chi connectivity index (χ4v) is 5.98. The van der Waals surface area contributed by atoms with Crippen molar-refractivity contribution in [1.82, 2.24) is 21.3 Å². The molecule has 0 radical (unpaired) electrons. The van der Waals surface area contributed by atoms with Gasteiger partial charge < -0.3 is 42.9 Å². The molecular weight excluding hydrogens is 702 g/mol. The number of aromatic hydroxyl groups is 1. The summed E-state index contributed by atoms with van der Waals surface area (Å²) in [5.41, 5.74) is 11.4. The first-order valence-corrected chi connectivity index (χ1v) is 18.5. The van der Waals surface area contributed by atoms with Crippen LogP contribution >= 0.6 is 0 Å². The number of unbranched alkanes of at least 4 members (excludes halogenated alkanes) is 2. The number of Topliss-reactive ketones (excluding diaryl/α,β-unsaturated/α-hetero) is 3. The van der Waals surface area contributed by atoms with Gasteiger partial charge in [-0.2, -0.15) is 0 Å². The zero-order chi connectivity index (χ0) is 40.0. The summed E-state index contributed by atoms with van der Waals surface area (Å²) in [5, 5.41) is 29.4. The first kappa shape index (κ1) is 44.8. The number of ketones is 3. The smallest absolute Gasteiger partial charge is 0.305 e. The second-order valence-electron chi connectivity index (χ2n) is 13.5. The number of hydrogen-bond donors (Lipinski definition) is 8. The minimum atomic E-state index is -1.52. The number of aliphatic imine (C=N–C) groups is 1. The van der Waals surface area contributed by atoms with Crippen molar-refractivity contribution in [1.29, 1.82) is 0 Å². The lowest BCUT2D eigenvalue weighted by atomic mass is 9.90. The predicted molar refractivity (Wildman–Crippen MR) is 198 cm³/mol. The topological polar surface area (TPSA) is 290 Å². The number of carboxylic acid groups (broad SMARTS) is 1. The zero-order valence-corrected chi connectivity index (χ0v) is 30.9. The monoisotopic (exact) mass is 757 g/mol. The van der Waals surface area contributed by atoms with E-state index in [9.17, 15) is 48.6 Å². The number of hydrogen-bond acceptors (Lipinski definition) is 10. The Kier molecular flexibility index (Phi) is 20.0. The number of guanidine groups is 1. The number of aliphatic carboxylic acids is 1. The van der Waals surface area contributed by atoms with Crippen molar-refractivity contribution < 1.29 is 48.6 Å². The standard InChI is InChI=1S/C37H55N7O10/c1-2-8-25(45)10-6-11-26(46)9-4-3-5-12-29-36(54)44-28(13-7-18-40-37(38)39)35(53)41-22-32(49)42-30(21-33(50)51)31(48)20-24(34(52)43-29)19-23-14-16-27(47)17-15-23/h14-17,24,28-30,47H,2-13,18-22H2,1H3,(H,41,53)(H,42,49)(H,43,52)(H,44,54)(H,50,51)(H4,38,39,40). The summed E-state index contributed by atoms with van der Waals surface area (Å²) in [6.45, 7) is 1.43. The van der Waals surface area contributed by atoms with Crippen molar-refractivity contribution >= 4 is 52.9 Å². The molecule has 1 aromatic carbocycles. The van der Waals surface area contributed by atoms with E-state index in [1.54, 1.807) is 12.1 Å². The largest absolute Gasteiger partial charge is 0.508 e. The molecular formula is C37H55N7O10. The summed E-state index contributed by atoms with van der Waals surface area (Å²) in [6.07, 6.45) is 3.31. The van der Waals surface area contributed by atoms with E-state index < -0.39 is 78.8 Å². The highest BCUT2D eigenvalue weighted by atomic mass is 16.4.